The van der Waals surface area contributed by atoms with Gasteiger partial charge in [-0.1, -0.05) is 42.5 Å². The Morgan fingerprint density at radius 1 is 0.789 bits per heavy atom. The molecule has 0 amide bonds. The third-order valence-electron chi connectivity index (χ3n) is 6.19. The van der Waals surface area contributed by atoms with E-state index in [4.69, 9.17) is 14.7 Å². The quantitative estimate of drug-likeness (QED) is 0.276. The van der Waals surface area contributed by atoms with E-state index in [1.54, 1.807) is 40.8 Å². The summed E-state index contributed by atoms with van der Waals surface area (Å²) in [7, 11) is 0. The van der Waals surface area contributed by atoms with Crippen molar-refractivity contribution < 1.29 is 19.7 Å². The van der Waals surface area contributed by atoms with Crippen molar-refractivity contribution in [3.63, 3.8) is 0 Å². The van der Waals surface area contributed by atoms with Crippen LogP contribution in [0.2, 0.25) is 0 Å². The van der Waals surface area contributed by atoms with Crippen LogP contribution in [0, 0.1) is 5.41 Å². The number of rotatable bonds is 6. The van der Waals surface area contributed by atoms with E-state index in [0.29, 0.717) is 35.8 Å². The maximum atomic E-state index is 13.1. The summed E-state index contributed by atoms with van der Waals surface area (Å²) in [4.78, 5) is 22.9. The molecule has 5 aromatic rings. The van der Waals surface area contributed by atoms with Crippen LogP contribution in [0.15, 0.2) is 85.1 Å². The van der Waals surface area contributed by atoms with Gasteiger partial charge in [0.15, 0.2) is 5.65 Å². The molecule has 7 nitrogen and oxygen atoms in total. The van der Waals surface area contributed by atoms with Crippen molar-refractivity contribution in [3.05, 3.63) is 108 Å². The molecule has 0 saturated heterocycles. The van der Waals surface area contributed by atoms with E-state index in [9.17, 15) is 15.0 Å². The second-order valence-electron chi connectivity index (χ2n) is 10.3. The number of ether oxygens (including phenoxy) is 1. The Kier molecular flexibility index (Phi) is 6.59. The number of hydrogen-bond donors (Lipinski definition) is 2. The second-order valence-corrected chi connectivity index (χ2v) is 10.3. The van der Waals surface area contributed by atoms with E-state index in [-0.39, 0.29) is 17.5 Å². The van der Waals surface area contributed by atoms with Crippen molar-refractivity contribution in [2.45, 2.75) is 33.6 Å². The molecule has 0 aliphatic carbocycles. The lowest BCUT2D eigenvalue weighted by Crippen LogP contribution is -2.26. The maximum Gasteiger partial charge on any atom is 0.317 e. The van der Waals surface area contributed by atoms with Gasteiger partial charge in [0.1, 0.15) is 17.2 Å². The number of phenolic OH excluding ortho intramolecular Hbond substituents is 2. The average molecular weight is 508 g/mol. The number of hydrogen-bond acceptors (Lipinski definition) is 6. The fraction of sp³-hybridized carbons (Fsp3) is 0.194. The van der Waals surface area contributed by atoms with Gasteiger partial charge in [0, 0.05) is 24.6 Å². The molecule has 0 atom stereocenters. The first-order chi connectivity index (χ1) is 18.2. The number of aromatic hydroxyl groups is 2. The summed E-state index contributed by atoms with van der Waals surface area (Å²) in [6.07, 6.45) is 2.74. The van der Waals surface area contributed by atoms with Crippen molar-refractivity contribution in [3.8, 4) is 28.6 Å². The summed E-state index contributed by atoms with van der Waals surface area (Å²) in [5.41, 5.74) is 4.64. The van der Waals surface area contributed by atoms with Gasteiger partial charge in [-0.2, -0.15) is 0 Å². The summed E-state index contributed by atoms with van der Waals surface area (Å²) in [6, 6.07) is 23.7. The summed E-state index contributed by atoms with van der Waals surface area (Å²) >= 11 is 0. The highest BCUT2D eigenvalue weighted by Crippen LogP contribution is 2.31. The maximum absolute atomic E-state index is 13.1. The van der Waals surface area contributed by atoms with E-state index in [1.165, 1.54) is 0 Å². The fourth-order valence-electron chi connectivity index (χ4n) is 4.08. The van der Waals surface area contributed by atoms with Crippen LogP contribution in [0.1, 0.15) is 43.3 Å². The Morgan fingerprint density at radius 3 is 2.00 bits per heavy atom. The number of nitrogens with zero attached hydrogens (tertiary/aromatic N) is 3. The molecule has 3 aromatic carbocycles. The van der Waals surface area contributed by atoms with Crippen LogP contribution in [0.25, 0.3) is 16.9 Å². The fourth-order valence-corrected chi connectivity index (χ4v) is 4.08. The highest BCUT2D eigenvalue weighted by molar-refractivity contribution is 5.78. The van der Waals surface area contributed by atoms with Gasteiger partial charge in [-0.3, -0.25) is 9.20 Å². The summed E-state index contributed by atoms with van der Waals surface area (Å²) in [5.74, 6) is 0.303. The highest BCUT2D eigenvalue weighted by atomic mass is 16.5. The first-order valence-electron chi connectivity index (χ1n) is 12.4. The standard InChI is InChI=1S/C31H29N3O4/c1-31(2,3)30(37)38-29-26(18-21-9-13-23(35)14-10-21)33-28-25(17-20-7-5-4-6-8-20)32-27(19-34(28)29)22-11-15-24(36)16-12-22/h4-16,19,35-36H,17-18H2,1-3H3. The van der Waals surface area contributed by atoms with E-state index < -0.39 is 5.41 Å². The van der Waals surface area contributed by atoms with E-state index >= 15 is 0 Å². The minimum Gasteiger partial charge on any atom is -0.508 e. The van der Waals surface area contributed by atoms with Gasteiger partial charge in [0.25, 0.3) is 0 Å². The number of phenols is 2. The Bertz CT molecular complexity index is 1580. The van der Waals surface area contributed by atoms with Gasteiger partial charge < -0.3 is 14.9 Å². The average Bonchev–Trinajstić information content (AvgIpc) is 3.23. The third kappa shape index (κ3) is 5.37. The minimum absolute atomic E-state index is 0.165. The lowest BCUT2D eigenvalue weighted by molar-refractivity contribution is -0.143. The van der Waals surface area contributed by atoms with Gasteiger partial charge in [-0.15, -0.1) is 0 Å². The first kappa shape index (κ1) is 25.0. The number of carbonyl (C=O) groups is 1. The van der Waals surface area contributed by atoms with Crippen molar-refractivity contribution in [2.75, 3.05) is 0 Å². The highest BCUT2D eigenvalue weighted by Gasteiger charge is 2.28. The zero-order chi connectivity index (χ0) is 26.9. The van der Waals surface area contributed by atoms with Gasteiger partial charge in [-0.25, -0.2) is 9.97 Å². The predicted octanol–water partition coefficient (Wildman–Crippen LogP) is 5.94. The number of esters is 1. The van der Waals surface area contributed by atoms with Crippen molar-refractivity contribution in [1.29, 1.82) is 0 Å². The number of carbonyl (C=O) groups excluding carboxylic acids is 1. The Balaban J connectivity index is 1.71. The zero-order valence-electron chi connectivity index (χ0n) is 21.5. The molecule has 0 fully saturated rings. The molecule has 192 valence electrons. The summed E-state index contributed by atoms with van der Waals surface area (Å²) in [5, 5.41) is 19.5. The van der Waals surface area contributed by atoms with Crippen molar-refractivity contribution in [2.24, 2.45) is 5.41 Å². The summed E-state index contributed by atoms with van der Waals surface area (Å²) < 4.78 is 7.82. The van der Waals surface area contributed by atoms with Crippen LogP contribution in [-0.2, 0) is 17.6 Å². The van der Waals surface area contributed by atoms with Crippen LogP contribution >= 0.6 is 0 Å². The second kappa shape index (κ2) is 10.0. The van der Waals surface area contributed by atoms with Gasteiger partial charge in [0.05, 0.1) is 16.8 Å². The molecule has 0 aliphatic rings. The van der Waals surface area contributed by atoms with E-state index in [1.807, 2.05) is 69.4 Å². The molecule has 38 heavy (non-hydrogen) atoms. The molecule has 0 bridgehead atoms. The molecule has 2 heterocycles. The zero-order valence-corrected chi connectivity index (χ0v) is 21.5. The topological polar surface area (TPSA) is 97.0 Å². The van der Waals surface area contributed by atoms with Gasteiger partial charge >= 0.3 is 5.97 Å². The van der Waals surface area contributed by atoms with Crippen LogP contribution in [-0.4, -0.2) is 30.6 Å². The van der Waals surface area contributed by atoms with Crippen molar-refractivity contribution in [1.82, 2.24) is 14.4 Å². The van der Waals surface area contributed by atoms with Crippen LogP contribution < -0.4 is 4.74 Å². The molecule has 0 unspecified atom stereocenters. The number of aromatic nitrogens is 3. The number of benzene rings is 3. The molecule has 0 aliphatic heterocycles. The Labute approximate surface area is 221 Å². The van der Waals surface area contributed by atoms with Gasteiger partial charge in [-0.05, 0) is 68.3 Å². The summed E-state index contributed by atoms with van der Waals surface area (Å²) in [6.45, 7) is 5.42. The predicted molar refractivity (Wildman–Crippen MR) is 145 cm³/mol. The van der Waals surface area contributed by atoms with Gasteiger partial charge in [0.2, 0.25) is 5.88 Å². The Morgan fingerprint density at radius 2 is 1.37 bits per heavy atom. The largest absolute Gasteiger partial charge is 0.508 e. The lowest BCUT2D eigenvalue weighted by atomic mass is 9.97. The molecule has 0 saturated carbocycles. The van der Waals surface area contributed by atoms with Crippen LogP contribution in [0.4, 0.5) is 0 Å². The SMILES string of the molecule is CC(C)(C)C(=O)Oc1c(Cc2ccc(O)cc2)nc2c(Cc3ccccc3)nc(-c3ccc(O)cc3)cn12. The normalized spacial score (nSPS) is 11.6. The first-order valence-corrected chi connectivity index (χ1v) is 12.4. The number of fused-ring (bicyclic) bond motifs is 1. The molecule has 0 spiro atoms. The van der Waals surface area contributed by atoms with Crippen molar-refractivity contribution >= 4 is 11.6 Å². The molecule has 2 aromatic heterocycles. The smallest absolute Gasteiger partial charge is 0.317 e. The molecule has 7 heteroatoms. The Hall–Kier alpha value is -4.65. The lowest BCUT2D eigenvalue weighted by Gasteiger charge is -2.17. The van der Waals surface area contributed by atoms with E-state index in [2.05, 4.69) is 0 Å². The number of imidazole rings is 1. The molecule has 2 N–H and O–H groups in total. The molecule has 0 radical (unpaired) electrons. The monoisotopic (exact) mass is 507 g/mol. The van der Waals surface area contributed by atoms with E-state index in [0.717, 1.165) is 22.4 Å². The molecular formula is C31H29N3O4. The van der Waals surface area contributed by atoms with Crippen LogP contribution in [0.5, 0.6) is 17.4 Å². The minimum atomic E-state index is -0.723. The molecular weight excluding hydrogens is 478 g/mol. The molecule has 5 rings (SSSR count). The van der Waals surface area contributed by atoms with Crippen LogP contribution in [0.3, 0.4) is 0 Å². The third-order valence-corrected chi connectivity index (χ3v) is 6.19.